The minimum atomic E-state index is -0.884. The summed E-state index contributed by atoms with van der Waals surface area (Å²) in [6.07, 6.45) is 4.41. The number of aryl methyl sites for hydroxylation is 1. The van der Waals surface area contributed by atoms with Crippen LogP contribution >= 0.6 is 0 Å². The molecule has 0 aliphatic heterocycles. The van der Waals surface area contributed by atoms with Crippen LogP contribution in [0.1, 0.15) is 109 Å². The number of nitrogens with one attached hydrogen (secondary N) is 1. The van der Waals surface area contributed by atoms with Crippen LogP contribution in [0.4, 0.5) is 0 Å². The smallest absolute Gasteiger partial charge is 0.248 e. The molecule has 0 saturated carbocycles. The van der Waals surface area contributed by atoms with E-state index in [1.807, 2.05) is 45.0 Å². The third-order valence-electron chi connectivity index (χ3n) is 4.82. The lowest BCUT2D eigenvalue weighted by Gasteiger charge is -2.12. The first-order valence-corrected chi connectivity index (χ1v) is 13.5. The number of Topliss-reactive ketones (excluding diaryl/α,β-unsaturated/α-hetero) is 1. The first kappa shape index (κ1) is 39.4. The number of rotatable bonds is 4. The van der Waals surface area contributed by atoms with E-state index in [-0.39, 0.29) is 11.7 Å². The molecule has 4 heteroatoms. The monoisotopic (exact) mass is 523 g/mol. The number of ketones is 1. The Morgan fingerprint density at radius 3 is 1.58 bits per heavy atom. The highest BCUT2D eigenvalue weighted by Gasteiger charge is 2.03. The molecule has 0 heterocycles. The summed E-state index contributed by atoms with van der Waals surface area (Å²) < 4.78 is 0. The Labute approximate surface area is 234 Å². The highest BCUT2D eigenvalue weighted by Crippen LogP contribution is 2.16. The van der Waals surface area contributed by atoms with Gasteiger partial charge in [0, 0.05) is 23.7 Å². The van der Waals surface area contributed by atoms with Gasteiger partial charge in [-0.2, -0.15) is 0 Å². The van der Waals surface area contributed by atoms with E-state index in [1.165, 1.54) is 26.0 Å². The fourth-order valence-electron chi connectivity index (χ4n) is 2.18. The maximum atomic E-state index is 11.2. The van der Waals surface area contributed by atoms with E-state index in [0.29, 0.717) is 5.41 Å². The maximum absolute atomic E-state index is 11.2. The van der Waals surface area contributed by atoms with Crippen molar-refractivity contribution in [1.29, 1.82) is 0 Å². The molecular weight excluding hydrogens is 470 g/mol. The summed E-state index contributed by atoms with van der Waals surface area (Å²) in [7, 11) is 1.48. The van der Waals surface area contributed by atoms with Crippen molar-refractivity contribution in [3.8, 4) is 11.8 Å². The second-order valence-electron chi connectivity index (χ2n) is 9.44. The van der Waals surface area contributed by atoms with Crippen molar-refractivity contribution < 1.29 is 14.7 Å². The second-order valence-corrected chi connectivity index (χ2v) is 9.44. The van der Waals surface area contributed by atoms with Gasteiger partial charge in [0.15, 0.2) is 5.78 Å². The minimum absolute atomic E-state index is 0.0797. The highest BCUT2D eigenvalue weighted by molar-refractivity contribution is 5.94. The first-order chi connectivity index (χ1) is 17.8. The Bertz CT molecular complexity index is 938. The zero-order valence-corrected chi connectivity index (χ0v) is 25.9. The van der Waals surface area contributed by atoms with Crippen LogP contribution < -0.4 is 5.32 Å². The Morgan fingerprint density at radius 1 is 0.974 bits per heavy atom. The minimum Gasteiger partial charge on any atom is -0.384 e. The van der Waals surface area contributed by atoms with Gasteiger partial charge < -0.3 is 10.4 Å². The van der Waals surface area contributed by atoms with Crippen LogP contribution in [0.5, 0.6) is 0 Å². The van der Waals surface area contributed by atoms with E-state index in [1.54, 1.807) is 13.0 Å². The molecule has 4 nitrogen and oxygen atoms in total. The van der Waals surface area contributed by atoms with Crippen LogP contribution in [0.25, 0.3) is 0 Å². The normalized spacial score (nSPS) is 9.89. The molecule has 2 N–H and O–H groups in total. The number of allylic oxidation sites excluding steroid dienone is 1. The number of hydrogen-bond donors (Lipinski definition) is 2. The Kier molecular flexibility index (Phi) is 25.1. The molecule has 0 aromatic heterocycles. The second kappa shape index (κ2) is 24.2. The van der Waals surface area contributed by atoms with Crippen LogP contribution in [-0.4, -0.2) is 29.9 Å². The Morgan fingerprint density at radius 2 is 1.34 bits per heavy atom. The number of benzene rings is 2. The Balaban J connectivity index is -0.000000560. The van der Waals surface area contributed by atoms with Crippen LogP contribution in [0.3, 0.4) is 0 Å². The van der Waals surface area contributed by atoms with Crippen molar-refractivity contribution in [2.75, 3.05) is 7.05 Å². The van der Waals surface area contributed by atoms with Gasteiger partial charge in [-0.1, -0.05) is 103 Å². The lowest BCUT2D eigenvalue weighted by atomic mass is 9.94. The summed E-state index contributed by atoms with van der Waals surface area (Å²) in [5, 5.41) is 10.7. The van der Waals surface area contributed by atoms with E-state index in [9.17, 15) is 9.59 Å². The van der Waals surface area contributed by atoms with E-state index in [0.717, 1.165) is 29.5 Å². The first-order valence-electron chi connectivity index (χ1n) is 13.5. The van der Waals surface area contributed by atoms with E-state index >= 15 is 0 Å². The molecule has 1 amide bonds. The van der Waals surface area contributed by atoms with Gasteiger partial charge in [0.25, 0.3) is 0 Å². The topological polar surface area (TPSA) is 66.4 Å². The van der Waals surface area contributed by atoms with Crippen molar-refractivity contribution in [1.82, 2.24) is 5.32 Å². The van der Waals surface area contributed by atoms with Crippen molar-refractivity contribution in [2.24, 2.45) is 5.41 Å². The lowest BCUT2D eigenvalue weighted by molar-refractivity contribution is -0.127. The van der Waals surface area contributed by atoms with Gasteiger partial charge in [-0.05, 0) is 62.4 Å². The van der Waals surface area contributed by atoms with Crippen LogP contribution in [0.15, 0.2) is 61.2 Å². The predicted molar refractivity (Wildman–Crippen MR) is 166 cm³/mol. The van der Waals surface area contributed by atoms with Crippen LogP contribution in [0, 0.1) is 17.3 Å². The largest absolute Gasteiger partial charge is 0.384 e. The molecule has 2 rings (SSSR count). The molecule has 0 radical (unpaired) electrons. The van der Waals surface area contributed by atoms with Gasteiger partial charge in [0.1, 0.15) is 6.10 Å². The fourth-order valence-corrected chi connectivity index (χ4v) is 2.18. The molecule has 38 heavy (non-hydrogen) atoms. The number of carbonyl (C=O) groups is 2. The molecule has 1 unspecified atom stereocenters. The van der Waals surface area contributed by atoms with Crippen molar-refractivity contribution >= 4 is 11.7 Å². The number of likely N-dealkylation sites (N-methyl/N-ethyl adjacent to an activating group) is 1. The summed E-state index contributed by atoms with van der Waals surface area (Å²) in [5.41, 5.74) is 4.55. The molecule has 0 spiro atoms. The Hall–Kier alpha value is -3.16. The molecule has 0 aliphatic rings. The summed E-state index contributed by atoms with van der Waals surface area (Å²) in [6, 6.07) is 15.8. The molecule has 0 bridgehead atoms. The molecule has 2 aromatic carbocycles. The average Bonchev–Trinajstić information content (AvgIpc) is 2.90. The average molecular weight is 524 g/mol. The quantitative estimate of drug-likeness (QED) is 0.242. The standard InChI is InChI=1S/C19H18O.C6H14.C4H9NO2.C3H6.C2H6/c1-3-4-16-5-7-17(8-6-16)9-10-18-11-13-19(14-12-18)15(2)20;1-5-6(2,3)4;1-3(6)4(7)5-2;1-3-2;1-2/h5-8,11-14H,3-4H2,1-2H3;5H2,1-4H3;3,6H,1-2H3,(H,5,7);3H,1H2,2H3;1-2H3. The summed E-state index contributed by atoms with van der Waals surface area (Å²) in [6.45, 7) is 23.3. The third kappa shape index (κ3) is 23.3. The van der Waals surface area contributed by atoms with Crippen molar-refractivity contribution in [2.45, 2.75) is 94.6 Å². The van der Waals surface area contributed by atoms with Crippen molar-refractivity contribution in [3.05, 3.63) is 83.4 Å². The zero-order valence-electron chi connectivity index (χ0n) is 25.9. The molecule has 1 atom stereocenters. The fraction of sp³-hybridized carbons (Fsp3) is 0.471. The number of carbonyl (C=O) groups excluding carboxylic acids is 2. The van der Waals surface area contributed by atoms with Gasteiger partial charge in [-0.3, -0.25) is 9.59 Å². The highest BCUT2D eigenvalue weighted by atomic mass is 16.3. The molecule has 0 saturated heterocycles. The molecular formula is C34H53NO3. The maximum Gasteiger partial charge on any atom is 0.248 e. The molecule has 0 fully saturated rings. The van der Waals surface area contributed by atoms with Gasteiger partial charge in [-0.25, -0.2) is 0 Å². The van der Waals surface area contributed by atoms with Gasteiger partial charge in [0.05, 0.1) is 0 Å². The van der Waals surface area contributed by atoms with E-state index in [2.05, 4.69) is 82.6 Å². The lowest BCUT2D eigenvalue weighted by Crippen LogP contribution is -2.28. The predicted octanol–water partition coefficient (Wildman–Crippen LogP) is 8.02. The molecule has 212 valence electrons. The summed E-state index contributed by atoms with van der Waals surface area (Å²) in [5.74, 6) is 5.99. The number of aliphatic hydroxyl groups is 1. The van der Waals surface area contributed by atoms with Gasteiger partial charge in [-0.15, -0.1) is 6.58 Å². The van der Waals surface area contributed by atoms with Crippen molar-refractivity contribution in [3.63, 3.8) is 0 Å². The van der Waals surface area contributed by atoms with Gasteiger partial charge in [0.2, 0.25) is 5.91 Å². The van der Waals surface area contributed by atoms with Crippen LogP contribution in [0.2, 0.25) is 0 Å². The van der Waals surface area contributed by atoms with Crippen LogP contribution in [-0.2, 0) is 11.2 Å². The number of amides is 1. The third-order valence-corrected chi connectivity index (χ3v) is 4.82. The van der Waals surface area contributed by atoms with E-state index in [4.69, 9.17) is 5.11 Å². The SMILES string of the molecule is C=CC.CC.CCC(C)(C)C.CCCc1ccc(C#Cc2ccc(C(C)=O)cc2)cc1.CNC(=O)C(C)O. The summed E-state index contributed by atoms with van der Waals surface area (Å²) in [4.78, 5) is 21.3. The molecule has 2 aromatic rings. The number of hydrogen-bond acceptors (Lipinski definition) is 3. The van der Waals surface area contributed by atoms with Gasteiger partial charge >= 0.3 is 0 Å². The number of aliphatic hydroxyl groups excluding tert-OH is 1. The summed E-state index contributed by atoms with van der Waals surface area (Å²) >= 11 is 0. The molecule has 0 aliphatic carbocycles. The van der Waals surface area contributed by atoms with E-state index < -0.39 is 6.10 Å². The zero-order chi connectivity index (χ0) is 30.1.